The summed E-state index contributed by atoms with van der Waals surface area (Å²) in [4.78, 5) is 0. The Morgan fingerprint density at radius 1 is 1.17 bits per heavy atom. The van der Waals surface area contributed by atoms with Gasteiger partial charge in [0.15, 0.2) is 0 Å². The highest BCUT2D eigenvalue weighted by Gasteiger charge is 2.10. The van der Waals surface area contributed by atoms with E-state index in [-0.39, 0.29) is 0 Å². The van der Waals surface area contributed by atoms with Crippen LogP contribution in [0.1, 0.15) is 11.3 Å². The Bertz CT molecular complexity index is 514. The van der Waals surface area contributed by atoms with Gasteiger partial charge in [-0.25, -0.2) is 0 Å². The zero-order valence-electron chi connectivity index (χ0n) is 10.2. The van der Waals surface area contributed by atoms with Crippen LogP contribution in [-0.4, -0.2) is 29.6 Å². The van der Waals surface area contributed by atoms with Crippen LogP contribution in [0.3, 0.4) is 0 Å². The number of methoxy groups -OCH3 is 2. The number of ether oxygens (including phenoxy) is 2. The number of aromatic amines is 1. The molecule has 0 spiro atoms. The summed E-state index contributed by atoms with van der Waals surface area (Å²) in [6, 6.07) is 3.65. The van der Waals surface area contributed by atoms with Gasteiger partial charge in [-0.1, -0.05) is 11.6 Å². The fraction of sp³-hybridized carbons (Fsp3) is 0.333. The maximum atomic E-state index is 6.05. The molecule has 0 aliphatic carbocycles. The van der Waals surface area contributed by atoms with Crippen molar-refractivity contribution in [3.8, 4) is 11.5 Å². The minimum Gasteiger partial charge on any atom is -0.496 e. The van der Waals surface area contributed by atoms with E-state index in [4.69, 9.17) is 21.1 Å². The number of hydrogen-bond donors (Lipinski definition) is 1. The number of hydrogen-bond acceptors (Lipinski definition) is 4. The number of aromatic nitrogens is 3. The molecular formula is C12H14ClN3O2. The van der Waals surface area contributed by atoms with Crippen molar-refractivity contribution in [1.29, 1.82) is 0 Å². The summed E-state index contributed by atoms with van der Waals surface area (Å²) in [5.41, 5.74) is 1.94. The first-order chi connectivity index (χ1) is 8.74. The van der Waals surface area contributed by atoms with E-state index >= 15 is 0 Å². The lowest BCUT2D eigenvalue weighted by molar-refractivity contribution is 0.399. The molecule has 2 rings (SSSR count). The largest absolute Gasteiger partial charge is 0.496 e. The third-order valence-corrected chi connectivity index (χ3v) is 2.97. The number of rotatable bonds is 5. The van der Waals surface area contributed by atoms with Crippen LogP contribution in [0.2, 0.25) is 5.02 Å². The predicted molar refractivity (Wildman–Crippen MR) is 68.3 cm³/mol. The first-order valence-electron chi connectivity index (χ1n) is 5.49. The Morgan fingerprint density at radius 3 is 2.56 bits per heavy atom. The molecule has 2 aromatic rings. The summed E-state index contributed by atoms with van der Waals surface area (Å²) < 4.78 is 10.5. The van der Waals surface area contributed by atoms with Crippen molar-refractivity contribution in [3.05, 3.63) is 34.6 Å². The van der Waals surface area contributed by atoms with Crippen molar-refractivity contribution in [3.63, 3.8) is 0 Å². The average Bonchev–Trinajstić information content (AvgIpc) is 2.90. The van der Waals surface area contributed by atoms with Crippen molar-refractivity contribution in [2.75, 3.05) is 14.2 Å². The Hall–Kier alpha value is -1.75. The van der Waals surface area contributed by atoms with Crippen LogP contribution in [0, 0.1) is 0 Å². The number of H-pyrrole nitrogens is 1. The van der Waals surface area contributed by atoms with Gasteiger partial charge in [0.2, 0.25) is 0 Å². The summed E-state index contributed by atoms with van der Waals surface area (Å²) in [5, 5.41) is 10.9. The molecule has 1 N–H and O–H groups in total. The van der Waals surface area contributed by atoms with E-state index in [0.717, 1.165) is 29.8 Å². The maximum absolute atomic E-state index is 6.05. The minimum absolute atomic E-state index is 0.541. The second-order valence-electron chi connectivity index (χ2n) is 3.76. The van der Waals surface area contributed by atoms with E-state index in [2.05, 4.69) is 15.4 Å². The minimum atomic E-state index is 0.541. The number of halogens is 1. The summed E-state index contributed by atoms with van der Waals surface area (Å²) in [6.07, 6.45) is 3.26. The van der Waals surface area contributed by atoms with Gasteiger partial charge >= 0.3 is 0 Å². The molecule has 1 heterocycles. The van der Waals surface area contributed by atoms with Crippen LogP contribution in [0.5, 0.6) is 11.5 Å². The number of benzene rings is 1. The predicted octanol–water partition coefficient (Wildman–Crippen LogP) is 2.26. The zero-order valence-corrected chi connectivity index (χ0v) is 11.0. The fourth-order valence-electron chi connectivity index (χ4n) is 1.73. The molecule has 96 valence electrons. The lowest BCUT2D eigenvalue weighted by Crippen LogP contribution is -1.97. The molecule has 0 amide bonds. The smallest absolute Gasteiger partial charge is 0.137 e. The molecule has 0 unspecified atom stereocenters. The van der Waals surface area contributed by atoms with Crippen molar-refractivity contribution in [2.45, 2.75) is 12.8 Å². The third kappa shape index (κ3) is 2.73. The quantitative estimate of drug-likeness (QED) is 0.903. The van der Waals surface area contributed by atoms with Gasteiger partial charge in [-0.3, -0.25) is 0 Å². The van der Waals surface area contributed by atoms with Gasteiger partial charge in [-0.05, 0) is 24.5 Å². The number of aryl methyl sites for hydroxylation is 2. The molecule has 18 heavy (non-hydrogen) atoms. The summed E-state index contributed by atoms with van der Waals surface area (Å²) >= 11 is 6.05. The van der Waals surface area contributed by atoms with Gasteiger partial charge < -0.3 is 9.47 Å². The Labute approximate surface area is 110 Å². The molecule has 5 nitrogen and oxygen atoms in total. The average molecular weight is 268 g/mol. The highest BCUT2D eigenvalue weighted by Crippen LogP contribution is 2.32. The van der Waals surface area contributed by atoms with Crippen LogP contribution in [-0.2, 0) is 12.8 Å². The molecule has 1 aromatic heterocycles. The molecule has 0 aliphatic rings. The van der Waals surface area contributed by atoms with E-state index in [1.807, 2.05) is 6.07 Å². The van der Waals surface area contributed by atoms with Gasteiger partial charge in [0, 0.05) is 6.07 Å². The van der Waals surface area contributed by atoms with E-state index in [1.54, 1.807) is 26.5 Å². The second-order valence-corrected chi connectivity index (χ2v) is 4.17. The topological polar surface area (TPSA) is 60.0 Å². The first-order valence-corrected chi connectivity index (χ1v) is 5.87. The number of nitrogens with one attached hydrogen (secondary N) is 1. The zero-order chi connectivity index (χ0) is 13.0. The summed E-state index contributed by atoms with van der Waals surface area (Å²) in [7, 11) is 3.22. The van der Waals surface area contributed by atoms with Crippen molar-refractivity contribution in [1.82, 2.24) is 15.4 Å². The monoisotopic (exact) mass is 267 g/mol. The molecule has 1 aromatic carbocycles. The van der Waals surface area contributed by atoms with E-state index < -0.39 is 0 Å². The van der Waals surface area contributed by atoms with Crippen LogP contribution < -0.4 is 9.47 Å². The number of nitrogens with zero attached hydrogens (tertiary/aromatic N) is 2. The highest BCUT2D eigenvalue weighted by molar-refractivity contribution is 6.32. The van der Waals surface area contributed by atoms with Crippen LogP contribution in [0.25, 0.3) is 0 Å². The van der Waals surface area contributed by atoms with Crippen molar-refractivity contribution in [2.24, 2.45) is 0 Å². The molecule has 0 radical (unpaired) electrons. The lowest BCUT2D eigenvalue weighted by Gasteiger charge is -2.11. The molecule has 6 heteroatoms. The van der Waals surface area contributed by atoms with Gasteiger partial charge in [0.25, 0.3) is 0 Å². The molecular weight excluding hydrogens is 254 g/mol. The molecule has 0 atom stereocenters. The third-order valence-electron chi connectivity index (χ3n) is 2.67. The van der Waals surface area contributed by atoms with Gasteiger partial charge in [0.05, 0.1) is 31.1 Å². The van der Waals surface area contributed by atoms with E-state index in [9.17, 15) is 0 Å². The van der Waals surface area contributed by atoms with Crippen molar-refractivity contribution >= 4 is 11.6 Å². The molecule has 0 fully saturated rings. The lowest BCUT2D eigenvalue weighted by atomic mass is 10.1. The molecule has 0 bridgehead atoms. The molecule has 0 aliphatic heterocycles. The standard InChI is InChI=1S/C12H14ClN3O2/c1-17-11-6-10(13)12(18-2)5-8(11)3-4-9-7-14-16-15-9/h5-7H,3-4H2,1-2H3,(H,14,15,16). The molecule has 0 saturated carbocycles. The normalized spacial score (nSPS) is 10.4. The SMILES string of the molecule is COc1cc(CCc2cn[nH]n2)c(OC)cc1Cl. The highest BCUT2D eigenvalue weighted by atomic mass is 35.5. The van der Waals surface area contributed by atoms with E-state index in [0.29, 0.717) is 10.8 Å². The van der Waals surface area contributed by atoms with Gasteiger partial charge in [-0.15, -0.1) is 0 Å². The Kier molecular flexibility index (Phi) is 4.04. The van der Waals surface area contributed by atoms with Gasteiger partial charge in [-0.2, -0.15) is 15.4 Å². The first kappa shape index (κ1) is 12.7. The van der Waals surface area contributed by atoms with E-state index in [1.165, 1.54) is 0 Å². The van der Waals surface area contributed by atoms with Gasteiger partial charge in [0.1, 0.15) is 11.5 Å². The van der Waals surface area contributed by atoms with Crippen molar-refractivity contribution < 1.29 is 9.47 Å². The summed E-state index contributed by atoms with van der Waals surface area (Å²) in [5.74, 6) is 1.40. The summed E-state index contributed by atoms with van der Waals surface area (Å²) in [6.45, 7) is 0. The second kappa shape index (κ2) is 5.73. The maximum Gasteiger partial charge on any atom is 0.137 e. The fourth-order valence-corrected chi connectivity index (χ4v) is 1.96. The van der Waals surface area contributed by atoms with Crippen LogP contribution >= 0.6 is 11.6 Å². The Morgan fingerprint density at radius 2 is 1.94 bits per heavy atom. The van der Waals surface area contributed by atoms with Crippen LogP contribution in [0.4, 0.5) is 0 Å². The van der Waals surface area contributed by atoms with Crippen LogP contribution in [0.15, 0.2) is 18.3 Å². The Balaban J connectivity index is 2.19. The molecule has 0 saturated heterocycles.